The van der Waals surface area contributed by atoms with Crippen LogP contribution in [0.5, 0.6) is 0 Å². The number of amides is 2. The third kappa shape index (κ3) is 3.30. The zero-order chi connectivity index (χ0) is 21.4. The van der Waals surface area contributed by atoms with E-state index in [2.05, 4.69) is 15.1 Å². The van der Waals surface area contributed by atoms with Gasteiger partial charge in [-0.25, -0.2) is 15.0 Å². The first-order valence-corrected chi connectivity index (χ1v) is 9.94. The summed E-state index contributed by atoms with van der Waals surface area (Å²) in [7, 11) is 1.47. The molecule has 0 N–H and O–H groups in total. The maximum absolute atomic E-state index is 13.1. The zero-order valence-electron chi connectivity index (χ0n) is 16.2. The quantitative estimate of drug-likeness (QED) is 0.460. The summed E-state index contributed by atoms with van der Waals surface area (Å²) < 4.78 is 1.18. The van der Waals surface area contributed by atoms with Crippen LogP contribution in [-0.2, 0) is 7.05 Å². The van der Waals surface area contributed by atoms with Crippen LogP contribution in [-0.4, -0.2) is 59.6 Å². The third-order valence-corrected chi connectivity index (χ3v) is 5.60. The molecule has 0 spiro atoms. The van der Waals surface area contributed by atoms with E-state index < -0.39 is 16.7 Å². The molecule has 0 saturated carbocycles. The normalized spacial score (nSPS) is 13.7. The van der Waals surface area contributed by atoms with Crippen molar-refractivity contribution in [3.63, 3.8) is 0 Å². The maximum atomic E-state index is 13.1. The van der Waals surface area contributed by atoms with Gasteiger partial charge in [0.05, 0.1) is 4.92 Å². The summed E-state index contributed by atoms with van der Waals surface area (Å²) in [5.74, 6) is -1.08. The Bertz CT molecular complexity index is 1140. The van der Waals surface area contributed by atoms with E-state index >= 15 is 0 Å². The molecule has 0 unspecified atom stereocenters. The summed E-state index contributed by atoms with van der Waals surface area (Å²) >= 11 is 1.30. The Labute approximate surface area is 174 Å². The lowest BCUT2D eigenvalue weighted by Crippen LogP contribution is -2.45. The first-order chi connectivity index (χ1) is 14.4. The molecule has 30 heavy (non-hydrogen) atoms. The molecule has 1 saturated heterocycles. The van der Waals surface area contributed by atoms with Crippen LogP contribution < -0.4 is 0 Å². The van der Waals surface area contributed by atoms with E-state index in [0.29, 0.717) is 18.0 Å². The predicted molar refractivity (Wildman–Crippen MR) is 107 cm³/mol. The molecule has 4 rings (SSSR count). The number of hydrazine groups is 1. The first-order valence-electron chi connectivity index (χ1n) is 9.06. The van der Waals surface area contributed by atoms with Crippen molar-refractivity contribution in [3.05, 3.63) is 57.1 Å². The van der Waals surface area contributed by atoms with Gasteiger partial charge in [-0.2, -0.15) is 5.10 Å². The van der Waals surface area contributed by atoms with E-state index in [0.717, 1.165) is 5.56 Å². The lowest BCUT2D eigenvalue weighted by atomic mass is 10.3. The monoisotopic (exact) mass is 427 g/mol. The average Bonchev–Trinajstić information content (AvgIpc) is 3.46. The second kappa shape index (κ2) is 7.63. The standard InChI is InChI=1S/C18H17N7O4S/c1-11-14(25(28)29)15(22(2)21-11)18(27)24-8-4-7-23(24)17(26)13-10-30-16(20-13)12-5-3-6-19-9-12/h3,5-6,9-10H,4,7-8H2,1-2H3. The van der Waals surface area contributed by atoms with Gasteiger partial charge in [0.25, 0.3) is 11.8 Å². The molecule has 1 aliphatic rings. The number of thiazole rings is 1. The van der Waals surface area contributed by atoms with Crippen LogP contribution in [0.3, 0.4) is 0 Å². The average molecular weight is 427 g/mol. The number of aryl methyl sites for hydroxylation is 2. The van der Waals surface area contributed by atoms with E-state index in [1.165, 1.54) is 40.0 Å². The summed E-state index contributed by atoms with van der Waals surface area (Å²) in [6.45, 7) is 2.05. The fourth-order valence-electron chi connectivity index (χ4n) is 3.39. The smallest absolute Gasteiger partial charge is 0.265 e. The van der Waals surface area contributed by atoms with Crippen molar-refractivity contribution >= 4 is 28.8 Å². The second-order valence-corrected chi connectivity index (χ2v) is 7.51. The van der Waals surface area contributed by atoms with Gasteiger partial charge in [-0.05, 0) is 25.5 Å². The molecule has 12 heteroatoms. The largest absolute Gasteiger partial charge is 0.322 e. The van der Waals surface area contributed by atoms with Gasteiger partial charge in [0.15, 0.2) is 0 Å². The summed E-state index contributed by atoms with van der Waals surface area (Å²) in [5.41, 5.74) is 0.621. The molecular formula is C18H17N7O4S. The molecule has 1 fully saturated rings. The molecule has 0 aromatic carbocycles. The highest BCUT2D eigenvalue weighted by Gasteiger charge is 2.38. The molecule has 154 valence electrons. The topological polar surface area (TPSA) is 127 Å². The molecule has 2 amide bonds. The number of carbonyl (C=O) groups is 2. The van der Waals surface area contributed by atoms with Crippen molar-refractivity contribution < 1.29 is 14.5 Å². The van der Waals surface area contributed by atoms with Gasteiger partial charge in [-0.3, -0.25) is 29.4 Å². The summed E-state index contributed by atoms with van der Waals surface area (Å²) in [6.07, 6.45) is 3.86. The molecule has 0 atom stereocenters. The minimum Gasteiger partial charge on any atom is -0.265 e. The van der Waals surface area contributed by atoms with Crippen molar-refractivity contribution in [3.8, 4) is 10.6 Å². The highest BCUT2D eigenvalue weighted by molar-refractivity contribution is 7.13. The first kappa shape index (κ1) is 19.6. The van der Waals surface area contributed by atoms with E-state index in [-0.39, 0.29) is 29.3 Å². The molecule has 0 bridgehead atoms. The summed E-state index contributed by atoms with van der Waals surface area (Å²) in [6, 6.07) is 3.62. The van der Waals surface area contributed by atoms with Gasteiger partial charge in [-0.1, -0.05) is 0 Å². The molecule has 3 aromatic rings. The van der Waals surface area contributed by atoms with E-state index in [1.54, 1.807) is 23.8 Å². The van der Waals surface area contributed by atoms with Crippen molar-refractivity contribution in [2.75, 3.05) is 13.1 Å². The van der Waals surface area contributed by atoms with Crippen molar-refractivity contribution in [2.24, 2.45) is 7.05 Å². The van der Waals surface area contributed by atoms with Gasteiger partial charge >= 0.3 is 5.69 Å². The second-order valence-electron chi connectivity index (χ2n) is 6.65. The molecular weight excluding hydrogens is 410 g/mol. The SMILES string of the molecule is Cc1nn(C)c(C(=O)N2CCCN2C(=O)c2csc(-c3cccnc3)n2)c1[N+](=O)[O-]. The van der Waals surface area contributed by atoms with Crippen LogP contribution in [0.15, 0.2) is 29.9 Å². The van der Waals surface area contributed by atoms with Gasteiger partial charge in [-0.15, -0.1) is 11.3 Å². The molecule has 3 aromatic heterocycles. The molecule has 0 radical (unpaired) electrons. The molecule has 11 nitrogen and oxygen atoms in total. The van der Waals surface area contributed by atoms with Crippen LogP contribution >= 0.6 is 11.3 Å². The lowest BCUT2D eigenvalue weighted by molar-refractivity contribution is -0.385. The number of hydrogen-bond donors (Lipinski definition) is 0. The van der Waals surface area contributed by atoms with Crippen LogP contribution in [0.2, 0.25) is 0 Å². The predicted octanol–water partition coefficient (Wildman–Crippen LogP) is 2.06. The number of hydrogen-bond acceptors (Lipinski definition) is 8. The number of rotatable bonds is 4. The number of nitro groups is 1. The van der Waals surface area contributed by atoms with Crippen molar-refractivity contribution in [2.45, 2.75) is 13.3 Å². The van der Waals surface area contributed by atoms with Gasteiger partial charge in [0.2, 0.25) is 5.69 Å². The fraction of sp³-hybridized carbons (Fsp3) is 0.278. The number of nitrogens with zero attached hydrogens (tertiary/aromatic N) is 7. The Hall–Kier alpha value is -3.67. The van der Waals surface area contributed by atoms with Gasteiger partial charge in [0.1, 0.15) is 16.4 Å². The Balaban J connectivity index is 1.62. The molecule has 0 aliphatic carbocycles. The van der Waals surface area contributed by atoms with Crippen LogP contribution in [0.4, 0.5) is 5.69 Å². The van der Waals surface area contributed by atoms with E-state index in [4.69, 9.17) is 0 Å². The maximum Gasteiger partial charge on any atom is 0.322 e. The number of carbonyl (C=O) groups excluding carboxylic acids is 2. The molecule has 1 aliphatic heterocycles. The fourth-order valence-corrected chi connectivity index (χ4v) is 4.17. The van der Waals surface area contributed by atoms with Gasteiger partial charge < -0.3 is 0 Å². The zero-order valence-corrected chi connectivity index (χ0v) is 17.0. The number of pyridine rings is 1. The van der Waals surface area contributed by atoms with E-state index in [9.17, 15) is 19.7 Å². The Morgan fingerprint density at radius 3 is 2.63 bits per heavy atom. The van der Waals surface area contributed by atoms with Crippen LogP contribution in [0, 0.1) is 17.0 Å². The van der Waals surface area contributed by atoms with Crippen LogP contribution in [0.25, 0.3) is 10.6 Å². The highest BCUT2D eigenvalue weighted by Crippen LogP contribution is 2.28. The Morgan fingerprint density at radius 1 is 1.23 bits per heavy atom. The minimum atomic E-state index is -0.640. The van der Waals surface area contributed by atoms with Crippen molar-refractivity contribution in [1.82, 2.24) is 29.8 Å². The highest BCUT2D eigenvalue weighted by atomic mass is 32.1. The Morgan fingerprint density at radius 2 is 1.97 bits per heavy atom. The summed E-state index contributed by atoms with van der Waals surface area (Å²) in [5, 5.41) is 20.2. The van der Waals surface area contributed by atoms with Crippen LogP contribution in [0.1, 0.15) is 33.1 Å². The minimum absolute atomic E-state index is 0.142. The third-order valence-electron chi connectivity index (χ3n) is 4.71. The summed E-state index contributed by atoms with van der Waals surface area (Å²) in [4.78, 5) is 45.4. The lowest BCUT2D eigenvalue weighted by Gasteiger charge is -2.26. The Kier molecular flexibility index (Phi) is 4.99. The number of aromatic nitrogens is 4. The van der Waals surface area contributed by atoms with E-state index in [1.807, 2.05) is 6.07 Å². The van der Waals surface area contributed by atoms with Crippen molar-refractivity contribution in [1.29, 1.82) is 0 Å². The van der Waals surface area contributed by atoms with Gasteiger partial charge in [0, 0.05) is 43.5 Å². The molecule has 4 heterocycles.